The standard InChI is InChI=1S/C24H27NO4/c1-27-22-12-6-5-10-19(22)16-21(18-8-3-2-4-9-18)23(26)25-13-7-11-20(17-25)24-28-14-15-29-24/h2-6,8-10,12,16,20,24H,7,11,13-15,17H2,1H3/b21-16+. The molecule has 152 valence electrons. The van der Waals surface area contributed by atoms with Crippen molar-refractivity contribution in [2.24, 2.45) is 5.92 Å². The number of piperidine rings is 1. The van der Waals surface area contributed by atoms with E-state index in [1.165, 1.54) is 0 Å². The topological polar surface area (TPSA) is 48.0 Å². The Morgan fingerprint density at radius 1 is 1.07 bits per heavy atom. The number of rotatable bonds is 5. The van der Waals surface area contributed by atoms with Crippen LogP contribution in [-0.2, 0) is 14.3 Å². The van der Waals surface area contributed by atoms with E-state index < -0.39 is 0 Å². The third-order valence-electron chi connectivity index (χ3n) is 5.53. The van der Waals surface area contributed by atoms with Crippen molar-refractivity contribution in [1.82, 2.24) is 4.90 Å². The summed E-state index contributed by atoms with van der Waals surface area (Å²) in [7, 11) is 1.65. The largest absolute Gasteiger partial charge is 0.496 e. The highest BCUT2D eigenvalue weighted by atomic mass is 16.7. The summed E-state index contributed by atoms with van der Waals surface area (Å²) >= 11 is 0. The molecule has 5 heteroatoms. The highest BCUT2D eigenvalue weighted by Crippen LogP contribution is 2.30. The lowest BCUT2D eigenvalue weighted by atomic mass is 9.95. The van der Waals surface area contributed by atoms with Gasteiger partial charge in [0, 0.05) is 30.1 Å². The summed E-state index contributed by atoms with van der Waals surface area (Å²) in [6.45, 7) is 2.67. The summed E-state index contributed by atoms with van der Waals surface area (Å²) < 4.78 is 16.9. The molecule has 2 aromatic rings. The van der Waals surface area contributed by atoms with Crippen LogP contribution < -0.4 is 4.74 Å². The van der Waals surface area contributed by atoms with Crippen LogP contribution in [0.5, 0.6) is 5.75 Å². The molecule has 1 unspecified atom stereocenters. The molecular formula is C24H27NO4. The van der Waals surface area contributed by atoms with E-state index in [4.69, 9.17) is 14.2 Å². The highest BCUT2D eigenvalue weighted by Gasteiger charge is 2.33. The first-order chi connectivity index (χ1) is 14.3. The van der Waals surface area contributed by atoms with Gasteiger partial charge in [-0.25, -0.2) is 0 Å². The van der Waals surface area contributed by atoms with E-state index in [2.05, 4.69) is 0 Å². The number of ether oxygens (including phenoxy) is 3. The zero-order chi connectivity index (χ0) is 20.1. The fraction of sp³-hybridized carbons (Fsp3) is 0.375. The molecule has 1 atom stereocenters. The van der Waals surface area contributed by atoms with Gasteiger partial charge >= 0.3 is 0 Å². The second-order valence-corrected chi connectivity index (χ2v) is 7.43. The molecule has 0 bridgehead atoms. The maximum atomic E-state index is 13.6. The summed E-state index contributed by atoms with van der Waals surface area (Å²) in [5.41, 5.74) is 2.46. The lowest BCUT2D eigenvalue weighted by Crippen LogP contribution is -2.44. The lowest BCUT2D eigenvalue weighted by molar-refractivity contribution is -0.133. The van der Waals surface area contributed by atoms with Crippen LogP contribution in [0.4, 0.5) is 0 Å². The second kappa shape index (κ2) is 9.25. The Balaban J connectivity index is 1.64. The SMILES string of the molecule is COc1ccccc1/C=C(/C(=O)N1CCCC(C2OCCO2)C1)c1ccccc1. The molecule has 5 nitrogen and oxygen atoms in total. The quantitative estimate of drug-likeness (QED) is 0.572. The first kappa shape index (κ1) is 19.7. The molecule has 2 fully saturated rings. The Kier molecular flexibility index (Phi) is 6.27. The van der Waals surface area contributed by atoms with E-state index in [1.807, 2.05) is 65.6 Å². The van der Waals surface area contributed by atoms with E-state index in [0.29, 0.717) is 25.3 Å². The van der Waals surface area contributed by atoms with Crippen LogP contribution in [-0.4, -0.2) is 50.5 Å². The third kappa shape index (κ3) is 4.52. The van der Waals surface area contributed by atoms with Gasteiger partial charge in [-0.2, -0.15) is 0 Å². The molecule has 2 aliphatic heterocycles. The molecule has 2 aromatic carbocycles. The first-order valence-electron chi connectivity index (χ1n) is 10.2. The number of hydrogen-bond acceptors (Lipinski definition) is 4. The zero-order valence-electron chi connectivity index (χ0n) is 16.8. The number of likely N-dealkylation sites (tertiary alicyclic amines) is 1. The molecule has 0 aliphatic carbocycles. The number of benzene rings is 2. The van der Waals surface area contributed by atoms with Crippen LogP contribution in [0.2, 0.25) is 0 Å². The van der Waals surface area contributed by atoms with Gasteiger partial charge in [-0.05, 0) is 30.5 Å². The summed E-state index contributed by atoms with van der Waals surface area (Å²) in [4.78, 5) is 15.5. The smallest absolute Gasteiger partial charge is 0.254 e. The van der Waals surface area contributed by atoms with Crippen molar-refractivity contribution in [1.29, 1.82) is 0 Å². The predicted molar refractivity (Wildman–Crippen MR) is 112 cm³/mol. The van der Waals surface area contributed by atoms with E-state index in [0.717, 1.165) is 36.3 Å². The van der Waals surface area contributed by atoms with Crippen molar-refractivity contribution in [3.05, 3.63) is 65.7 Å². The number of hydrogen-bond donors (Lipinski definition) is 0. The molecular weight excluding hydrogens is 366 g/mol. The molecule has 0 N–H and O–H groups in total. The maximum absolute atomic E-state index is 13.6. The molecule has 2 saturated heterocycles. The minimum absolute atomic E-state index is 0.0322. The van der Waals surface area contributed by atoms with E-state index in [-0.39, 0.29) is 18.1 Å². The van der Waals surface area contributed by atoms with Gasteiger partial charge in [-0.1, -0.05) is 48.5 Å². The van der Waals surface area contributed by atoms with Crippen LogP contribution in [0.1, 0.15) is 24.0 Å². The molecule has 2 aliphatic rings. The first-order valence-corrected chi connectivity index (χ1v) is 10.2. The maximum Gasteiger partial charge on any atom is 0.254 e. The highest BCUT2D eigenvalue weighted by molar-refractivity contribution is 6.24. The van der Waals surface area contributed by atoms with Gasteiger partial charge in [0.2, 0.25) is 0 Å². The van der Waals surface area contributed by atoms with Crippen molar-refractivity contribution >= 4 is 17.6 Å². The van der Waals surface area contributed by atoms with Crippen molar-refractivity contribution < 1.29 is 19.0 Å². The van der Waals surface area contributed by atoms with Crippen LogP contribution in [0.15, 0.2) is 54.6 Å². The third-order valence-corrected chi connectivity index (χ3v) is 5.53. The van der Waals surface area contributed by atoms with Crippen molar-refractivity contribution in [2.75, 3.05) is 33.4 Å². The summed E-state index contributed by atoms with van der Waals surface area (Å²) in [6.07, 6.45) is 3.72. The van der Waals surface area contributed by atoms with Gasteiger partial charge in [0.1, 0.15) is 5.75 Å². The monoisotopic (exact) mass is 393 g/mol. The van der Waals surface area contributed by atoms with Gasteiger partial charge in [-0.15, -0.1) is 0 Å². The Bertz CT molecular complexity index is 858. The van der Waals surface area contributed by atoms with Gasteiger partial charge < -0.3 is 19.1 Å². The normalized spacial score (nSPS) is 20.7. The van der Waals surface area contributed by atoms with Gasteiger partial charge in [0.15, 0.2) is 6.29 Å². The number of amides is 1. The van der Waals surface area contributed by atoms with Gasteiger partial charge in [0.25, 0.3) is 5.91 Å². The molecule has 0 aromatic heterocycles. The average Bonchev–Trinajstić information content (AvgIpc) is 3.33. The van der Waals surface area contributed by atoms with E-state index >= 15 is 0 Å². The van der Waals surface area contributed by atoms with Gasteiger partial charge in [0.05, 0.1) is 20.3 Å². The molecule has 0 saturated carbocycles. The molecule has 0 spiro atoms. The van der Waals surface area contributed by atoms with Crippen LogP contribution in [0.25, 0.3) is 11.6 Å². The van der Waals surface area contributed by atoms with Crippen LogP contribution in [0.3, 0.4) is 0 Å². The fourth-order valence-electron chi connectivity index (χ4n) is 4.06. The Morgan fingerprint density at radius 2 is 1.79 bits per heavy atom. The molecule has 2 heterocycles. The summed E-state index contributed by atoms with van der Waals surface area (Å²) in [5.74, 6) is 1.00. The molecule has 1 amide bonds. The predicted octanol–water partition coefficient (Wildman–Crippen LogP) is 3.85. The van der Waals surface area contributed by atoms with Crippen molar-refractivity contribution in [3.8, 4) is 5.75 Å². The molecule has 4 rings (SSSR count). The van der Waals surface area contributed by atoms with Crippen molar-refractivity contribution in [3.63, 3.8) is 0 Å². The fourth-order valence-corrected chi connectivity index (χ4v) is 4.06. The Hall–Kier alpha value is -2.63. The molecule has 0 radical (unpaired) electrons. The number of carbonyl (C=O) groups is 1. The average molecular weight is 393 g/mol. The summed E-state index contributed by atoms with van der Waals surface area (Å²) in [6, 6.07) is 17.6. The Labute approximate surface area is 171 Å². The minimum Gasteiger partial charge on any atom is -0.496 e. The van der Waals surface area contributed by atoms with Gasteiger partial charge in [-0.3, -0.25) is 4.79 Å². The lowest BCUT2D eigenvalue weighted by Gasteiger charge is -2.35. The number of para-hydroxylation sites is 1. The number of nitrogens with zero attached hydrogens (tertiary/aromatic N) is 1. The van der Waals surface area contributed by atoms with Crippen LogP contribution >= 0.6 is 0 Å². The molecule has 29 heavy (non-hydrogen) atoms. The zero-order valence-corrected chi connectivity index (χ0v) is 16.8. The van der Waals surface area contributed by atoms with E-state index in [9.17, 15) is 4.79 Å². The van der Waals surface area contributed by atoms with Crippen molar-refractivity contribution in [2.45, 2.75) is 19.1 Å². The minimum atomic E-state index is -0.191. The Morgan fingerprint density at radius 3 is 2.55 bits per heavy atom. The van der Waals surface area contributed by atoms with E-state index in [1.54, 1.807) is 7.11 Å². The summed E-state index contributed by atoms with van der Waals surface area (Å²) in [5, 5.41) is 0. The number of carbonyl (C=O) groups excluding carboxylic acids is 1. The number of methoxy groups -OCH3 is 1. The van der Waals surface area contributed by atoms with Crippen LogP contribution in [0, 0.1) is 5.92 Å². The second-order valence-electron chi connectivity index (χ2n) is 7.43.